The van der Waals surface area contributed by atoms with Crippen LogP contribution in [0, 0.1) is 5.92 Å². The van der Waals surface area contributed by atoms with Gasteiger partial charge in [-0.3, -0.25) is 9.59 Å². The van der Waals surface area contributed by atoms with Crippen molar-refractivity contribution in [1.82, 2.24) is 4.90 Å². The van der Waals surface area contributed by atoms with E-state index in [1.807, 2.05) is 31.2 Å². The Kier molecular flexibility index (Phi) is 22.0. The number of rotatable bonds is 22. The van der Waals surface area contributed by atoms with Gasteiger partial charge in [-0.05, 0) is 51.1 Å². The maximum absolute atomic E-state index is 12.0. The van der Waals surface area contributed by atoms with Crippen molar-refractivity contribution < 1.29 is 19.1 Å². The van der Waals surface area contributed by atoms with E-state index < -0.39 is 0 Å². The van der Waals surface area contributed by atoms with Gasteiger partial charge in [0.25, 0.3) is 0 Å². The minimum absolute atomic E-state index is 0.130. The molecule has 0 amide bonds. The number of esters is 2. The molecule has 0 aromatic heterocycles. The zero-order valence-corrected chi connectivity index (χ0v) is 21.6. The second-order valence-corrected chi connectivity index (χ2v) is 8.47. The van der Waals surface area contributed by atoms with Gasteiger partial charge in [0.2, 0.25) is 0 Å². The summed E-state index contributed by atoms with van der Waals surface area (Å²) in [5.74, 6) is 0.103. The first-order chi connectivity index (χ1) is 16.1. The van der Waals surface area contributed by atoms with Crippen molar-refractivity contribution in [2.45, 2.75) is 91.4 Å². The van der Waals surface area contributed by atoms with Gasteiger partial charge in [0.1, 0.15) is 13.2 Å². The molecule has 1 atom stereocenters. The highest BCUT2D eigenvalue weighted by Crippen LogP contribution is 2.13. The minimum atomic E-state index is -0.141. The fraction of sp³-hybridized carbons (Fsp3) is 0.714. The maximum atomic E-state index is 12.0. The molecule has 0 saturated heterocycles. The van der Waals surface area contributed by atoms with E-state index in [2.05, 4.69) is 31.4 Å². The Morgan fingerprint density at radius 1 is 0.818 bits per heavy atom. The third kappa shape index (κ3) is 20.5. The molecule has 0 rings (SSSR count). The Balaban J connectivity index is 3.88. The van der Waals surface area contributed by atoms with Gasteiger partial charge in [0, 0.05) is 13.0 Å². The minimum Gasteiger partial charge on any atom is -0.461 e. The highest BCUT2D eigenvalue weighted by Gasteiger charge is 2.07. The molecule has 0 aliphatic carbocycles. The SMILES string of the molecule is C=CC(C/C=C\COC(=O)CCN(CC)CCCCCCC)CC/C=C/COC(=O)CCC. The smallest absolute Gasteiger partial charge is 0.307 e. The van der Waals surface area contributed by atoms with Gasteiger partial charge in [-0.2, -0.15) is 0 Å². The Labute approximate surface area is 203 Å². The standard InChI is InChI=1S/C28H49NO4/c1-5-9-10-11-15-22-29(8-4)23-21-28(31)33-25-17-14-20-26(7-3)19-13-12-16-24-32-27(30)18-6-2/h7,12,14,16-17,26H,3,5-6,8-11,13,15,18-25H2,1-2,4H3/b16-12+,17-14-. The summed E-state index contributed by atoms with van der Waals surface area (Å²) in [6.07, 6.45) is 20.8. The predicted molar refractivity (Wildman–Crippen MR) is 138 cm³/mol. The van der Waals surface area contributed by atoms with Crippen LogP contribution in [0.15, 0.2) is 37.0 Å². The van der Waals surface area contributed by atoms with Crippen molar-refractivity contribution in [2.24, 2.45) is 5.92 Å². The van der Waals surface area contributed by atoms with Crippen molar-refractivity contribution in [1.29, 1.82) is 0 Å². The van der Waals surface area contributed by atoms with Gasteiger partial charge in [-0.15, -0.1) is 6.58 Å². The molecule has 0 aliphatic heterocycles. The van der Waals surface area contributed by atoms with Crippen LogP contribution in [0.5, 0.6) is 0 Å². The number of carbonyl (C=O) groups excluding carboxylic acids is 2. The molecule has 190 valence electrons. The molecule has 0 spiro atoms. The number of hydrogen-bond donors (Lipinski definition) is 0. The predicted octanol–water partition coefficient (Wildman–Crippen LogP) is 6.64. The molecule has 0 radical (unpaired) electrons. The van der Waals surface area contributed by atoms with Crippen molar-refractivity contribution in [3.05, 3.63) is 37.0 Å². The highest BCUT2D eigenvalue weighted by molar-refractivity contribution is 5.69. The summed E-state index contributed by atoms with van der Waals surface area (Å²) in [5.41, 5.74) is 0. The molecule has 1 unspecified atom stereocenters. The molecule has 0 heterocycles. The first-order valence-corrected chi connectivity index (χ1v) is 13.0. The molecule has 33 heavy (non-hydrogen) atoms. The quantitative estimate of drug-likeness (QED) is 0.102. The summed E-state index contributed by atoms with van der Waals surface area (Å²) in [4.78, 5) is 25.6. The second kappa shape index (κ2) is 23.3. The Bertz CT molecular complexity index is 556. The molecule has 0 N–H and O–H groups in total. The third-order valence-corrected chi connectivity index (χ3v) is 5.60. The van der Waals surface area contributed by atoms with Gasteiger partial charge < -0.3 is 14.4 Å². The molecule has 0 bridgehead atoms. The second-order valence-electron chi connectivity index (χ2n) is 8.47. The van der Waals surface area contributed by atoms with Crippen LogP contribution in [0.4, 0.5) is 0 Å². The van der Waals surface area contributed by atoms with E-state index in [9.17, 15) is 9.59 Å². The zero-order chi connectivity index (χ0) is 24.6. The lowest BCUT2D eigenvalue weighted by Crippen LogP contribution is -2.27. The van der Waals surface area contributed by atoms with Crippen LogP contribution < -0.4 is 0 Å². The van der Waals surface area contributed by atoms with E-state index in [4.69, 9.17) is 9.47 Å². The molecule has 0 saturated carbocycles. The Morgan fingerprint density at radius 3 is 2.12 bits per heavy atom. The molecule has 0 aromatic rings. The topological polar surface area (TPSA) is 55.8 Å². The molecule has 5 nitrogen and oxygen atoms in total. The lowest BCUT2D eigenvalue weighted by atomic mass is 9.99. The lowest BCUT2D eigenvalue weighted by Gasteiger charge is -2.19. The average molecular weight is 464 g/mol. The molecular formula is C28H49NO4. The van der Waals surface area contributed by atoms with E-state index in [0.717, 1.165) is 45.3 Å². The number of nitrogens with zero attached hydrogens (tertiary/aromatic N) is 1. The van der Waals surface area contributed by atoms with E-state index in [1.54, 1.807) is 0 Å². The van der Waals surface area contributed by atoms with Crippen molar-refractivity contribution >= 4 is 11.9 Å². The number of hydrogen-bond acceptors (Lipinski definition) is 5. The molecule has 0 aliphatic rings. The highest BCUT2D eigenvalue weighted by atomic mass is 16.5. The van der Waals surface area contributed by atoms with Gasteiger partial charge in [0.15, 0.2) is 0 Å². The summed E-state index contributed by atoms with van der Waals surface area (Å²) in [6, 6.07) is 0. The third-order valence-electron chi connectivity index (χ3n) is 5.60. The monoisotopic (exact) mass is 463 g/mol. The molecular weight excluding hydrogens is 414 g/mol. The number of allylic oxidation sites excluding steroid dienone is 3. The summed E-state index contributed by atoms with van der Waals surface area (Å²) in [7, 11) is 0. The van der Waals surface area contributed by atoms with Crippen LogP contribution in [0.3, 0.4) is 0 Å². The number of unbranched alkanes of at least 4 members (excludes halogenated alkanes) is 4. The summed E-state index contributed by atoms with van der Waals surface area (Å²) < 4.78 is 10.4. The normalized spacial score (nSPS) is 12.5. The van der Waals surface area contributed by atoms with E-state index in [-0.39, 0.29) is 11.9 Å². The van der Waals surface area contributed by atoms with Crippen LogP contribution in [0.25, 0.3) is 0 Å². The van der Waals surface area contributed by atoms with E-state index >= 15 is 0 Å². The Hall–Kier alpha value is -1.88. The number of carbonyl (C=O) groups is 2. The Morgan fingerprint density at radius 2 is 1.48 bits per heavy atom. The molecule has 5 heteroatoms. The van der Waals surface area contributed by atoms with Crippen LogP contribution in [0.2, 0.25) is 0 Å². The first kappa shape index (κ1) is 31.1. The fourth-order valence-electron chi connectivity index (χ4n) is 3.41. The summed E-state index contributed by atoms with van der Waals surface area (Å²) in [6.45, 7) is 13.7. The van der Waals surface area contributed by atoms with E-state index in [0.29, 0.717) is 32.0 Å². The average Bonchev–Trinajstić information content (AvgIpc) is 2.81. The van der Waals surface area contributed by atoms with Crippen molar-refractivity contribution in [2.75, 3.05) is 32.8 Å². The van der Waals surface area contributed by atoms with Gasteiger partial charge in [-0.25, -0.2) is 0 Å². The van der Waals surface area contributed by atoms with E-state index in [1.165, 1.54) is 32.1 Å². The summed E-state index contributed by atoms with van der Waals surface area (Å²) in [5, 5.41) is 0. The lowest BCUT2D eigenvalue weighted by molar-refractivity contribution is -0.143. The van der Waals surface area contributed by atoms with Crippen LogP contribution in [-0.2, 0) is 19.1 Å². The van der Waals surface area contributed by atoms with Crippen LogP contribution in [0.1, 0.15) is 91.4 Å². The largest absolute Gasteiger partial charge is 0.461 e. The molecule has 0 fully saturated rings. The summed E-state index contributed by atoms with van der Waals surface area (Å²) >= 11 is 0. The maximum Gasteiger partial charge on any atom is 0.307 e. The first-order valence-electron chi connectivity index (χ1n) is 13.0. The van der Waals surface area contributed by atoms with Gasteiger partial charge in [0.05, 0.1) is 6.42 Å². The van der Waals surface area contributed by atoms with Gasteiger partial charge in [-0.1, -0.05) is 76.8 Å². The van der Waals surface area contributed by atoms with Crippen LogP contribution >= 0.6 is 0 Å². The van der Waals surface area contributed by atoms with Crippen molar-refractivity contribution in [3.63, 3.8) is 0 Å². The van der Waals surface area contributed by atoms with Crippen molar-refractivity contribution in [3.8, 4) is 0 Å². The fourth-order valence-corrected chi connectivity index (χ4v) is 3.41. The van der Waals surface area contributed by atoms with Gasteiger partial charge >= 0.3 is 11.9 Å². The number of ether oxygens (including phenoxy) is 2. The zero-order valence-electron chi connectivity index (χ0n) is 21.6. The van der Waals surface area contributed by atoms with Crippen LogP contribution in [-0.4, -0.2) is 49.7 Å². The molecule has 0 aromatic carbocycles.